The Morgan fingerprint density at radius 3 is 3.20 bits per heavy atom. The van der Waals surface area contributed by atoms with E-state index in [2.05, 4.69) is 21.3 Å². The van der Waals surface area contributed by atoms with Crippen molar-refractivity contribution in [3.05, 3.63) is 35.7 Å². The predicted molar refractivity (Wildman–Crippen MR) is 75.8 cm³/mol. The standard InChI is InChI=1S/C14H18N4O2/c1-10-11(14(19)20)3-4-16-13(10)18-7-2-6-17-8-5-15-12(17)9-18/h2-4,7,12,15H,5-6,8-9H2,1H3,(H,19,20). The molecule has 0 radical (unpaired) electrons. The third-order valence-electron chi connectivity index (χ3n) is 3.89. The number of carboxylic acids is 1. The number of pyridine rings is 1. The molecule has 1 saturated heterocycles. The van der Waals surface area contributed by atoms with Crippen LogP contribution in [-0.4, -0.2) is 53.3 Å². The summed E-state index contributed by atoms with van der Waals surface area (Å²) in [4.78, 5) is 20.0. The van der Waals surface area contributed by atoms with Crippen molar-refractivity contribution in [2.45, 2.75) is 13.1 Å². The van der Waals surface area contributed by atoms with E-state index in [1.807, 2.05) is 18.0 Å². The van der Waals surface area contributed by atoms with Crippen LogP contribution in [-0.2, 0) is 0 Å². The molecule has 1 unspecified atom stereocenters. The number of nitrogens with zero attached hydrogens (tertiary/aromatic N) is 3. The SMILES string of the molecule is Cc1c(C(=O)O)ccnc1N1C=CCN2CCNC2C1. The quantitative estimate of drug-likeness (QED) is 0.825. The summed E-state index contributed by atoms with van der Waals surface area (Å²) in [5.74, 6) is -0.192. The number of carboxylic acid groups (broad SMARTS) is 1. The Labute approximate surface area is 117 Å². The normalized spacial score (nSPS) is 22.6. The summed E-state index contributed by atoms with van der Waals surface area (Å²) in [6, 6.07) is 1.54. The summed E-state index contributed by atoms with van der Waals surface area (Å²) in [6.07, 6.45) is 5.95. The van der Waals surface area contributed by atoms with Gasteiger partial charge < -0.3 is 10.0 Å². The van der Waals surface area contributed by atoms with Gasteiger partial charge in [0.05, 0.1) is 18.3 Å². The largest absolute Gasteiger partial charge is 0.478 e. The Bertz CT molecular complexity index is 558. The van der Waals surface area contributed by atoms with Gasteiger partial charge in [-0.15, -0.1) is 0 Å². The molecule has 0 spiro atoms. The molecule has 0 aromatic carbocycles. The van der Waals surface area contributed by atoms with Gasteiger partial charge in [0.1, 0.15) is 5.82 Å². The maximum Gasteiger partial charge on any atom is 0.336 e. The minimum atomic E-state index is -0.912. The first-order chi connectivity index (χ1) is 9.66. The van der Waals surface area contributed by atoms with Crippen molar-refractivity contribution in [1.82, 2.24) is 15.2 Å². The molecule has 2 aliphatic heterocycles. The Morgan fingerprint density at radius 1 is 1.55 bits per heavy atom. The smallest absolute Gasteiger partial charge is 0.336 e. The summed E-state index contributed by atoms with van der Waals surface area (Å²) in [5.41, 5.74) is 1.01. The van der Waals surface area contributed by atoms with Crippen molar-refractivity contribution in [2.75, 3.05) is 31.1 Å². The molecule has 3 rings (SSSR count). The number of hydrogen-bond donors (Lipinski definition) is 2. The molecule has 1 aromatic heterocycles. The zero-order valence-corrected chi connectivity index (χ0v) is 11.4. The van der Waals surface area contributed by atoms with Crippen molar-refractivity contribution >= 4 is 11.8 Å². The molecule has 6 heteroatoms. The Hall–Kier alpha value is -1.92. The maximum absolute atomic E-state index is 11.2. The minimum Gasteiger partial charge on any atom is -0.478 e. The number of carbonyl (C=O) groups is 1. The Balaban J connectivity index is 1.92. The van der Waals surface area contributed by atoms with Crippen LogP contribution in [0.3, 0.4) is 0 Å². The fraction of sp³-hybridized carbons (Fsp3) is 0.429. The first-order valence-electron chi connectivity index (χ1n) is 6.76. The van der Waals surface area contributed by atoms with E-state index in [9.17, 15) is 9.90 Å². The van der Waals surface area contributed by atoms with Crippen LogP contribution >= 0.6 is 0 Å². The first-order valence-corrected chi connectivity index (χ1v) is 6.76. The third-order valence-corrected chi connectivity index (χ3v) is 3.89. The zero-order chi connectivity index (χ0) is 14.1. The van der Waals surface area contributed by atoms with Gasteiger partial charge in [0.15, 0.2) is 0 Å². The molecule has 2 N–H and O–H groups in total. The van der Waals surface area contributed by atoms with Crippen LogP contribution < -0.4 is 10.2 Å². The van der Waals surface area contributed by atoms with Crippen LogP contribution in [0.5, 0.6) is 0 Å². The predicted octanol–water partition coefficient (Wildman–Crippen LogP) is 0.653. The summed E-state index contributed by atoms with van der Waals surface area (Å²) in [5, 5.41) is 12.7. The Kier molecular flexibility index (Phi) is 3.42. The van der Waals surface area contributed by atoms with E-state index >= 15 is 0 Å². The van der Waals surface area contributed by atoms with Crippen molar-refractivity contribution in [3.63, 3.8) is 0 Å². The second-order valence-electron chi connectivity index (χ2n) is 5.11. The summed E-state index contributed by atoms with van der Waals surface area (Å²) in [7, 11) is 0. The van der Waals surface area contributed by atoms with E-state index in [4.69, 9.17) is 0 Å². The van der Waals surface area contributed by atoms with Crippen LogP contribution in [0.25, 0.3) is 0 Å². The van der Waals surface area contributed by atoms with Gasteiger partial charge in [-0.25, -0.2) is 9.78 Å². The average Bonchev–Trinajstić information content (AvgIpc) is 2.76. The van der Waals surface area contributed by atoms with E-state index < -0.39 is 5.97 Å². The average molecular weight is 274 g/mol. The molecule has 20 heavy (non-hydrogen) atoms. The fourth-order valence-electron chi connectivity index (χ4n) is 2.82. The highest BCUT2D eigenvalue weighted by molar-refractivity contribution is 5.90. The molecule has 0 bridgehead atoms. The van der Waals surface area contributed by atoms with Gasteiger partial charge in [-0.2, -0.15) is 0 Å². The van der Waals surface area contributed by atoms with E-state index in [0.29, 0.717) is 17.3 Å². The molecule has 0 amide bonds. The van der Waals surface area contributed by atoms with Gasteiger partial charge in [0.2, 0.25) is 0 Å². The van der Waals surface area contributed by atoms with Gasteiger partial charge >= 0.3 is 5.97 Å². The van der Waals surface area contributed by atoms with Crippen molar-refractivity contribution < 1.29 is 9.90 Å². The van der Waals surface area contributed by atoms with Crippen LogP contribution in [0.15, 0.2) is 24.5 Å². The van der Waals surface area contributed by atoms with Gasteiger partial charge in [-0.1, -0.05) is 6.08 Å². The molecular formula is C14H18N4O2. The van der Waals surface area contributed by atoms with Crippen molar-refractivity contribution in [3.8, 4) is 0 Å². The van der Waals surface area contributed by atoms with Gasteiger partial charge in [-0.05, 0) is 13.0 Å². The lowest BCUT2D eigenvalue weighted by atomic mass is 10.1. The van der Waals surface area contributed by atoms with E-state index in [1.54, 1.807) is 12.3 Å². The number of nitrogens with one attached hydrogen (secondary N) is 1. The van der Waals surface area contributed by atoms with Crippen LogP contribution in [0.4, 0.5) is 5.82 Å². The van der Waals surface area contributed by atoms with Gasteiger partial charge in [-0.3, -0.25) is 10.2 Å². The monoisotopic (exact) mass is 274 g/mol. The summed E-state index contributed by atoms with van der Waals surface area (Å²) in [6.45, 7) is 5.53. The molecule has 2 aliphatic rings. The second kappa shape index (κ2) is 5.22. The van der Waals surface area contributed by atoms with E-state index in [0.717, 1.165) is 32.0 Å². The topological polar surface area (TPSA) is 68.7 Å². The lowest BCUT2D eigenvalue weighted by Gasteiger charge is -2.26. The van der Waals surface area contributed by atoms with Crippen LogP contribution in [0, 0.1) is 6.92 Å². The second-order valence-corrected chi connectivity index (χ2v) is 5.11. The fourth-order valence-corrected chi connectivity index (χ4v) is 2.82. The number of anilines is 1. The highest BCUT2D eigenvalue weighted by Gasteiger charge is 2.27. The lowest BCUT2D eigenvalue weighted by molar-refractivity contribution is 0.0696. The summed E-state index contributed by atoms with van der Waals surface area (Å²) >= 11 is 0. The molecule has 0 saturated carbocycles. The van der Waals surface area contributed by atoms with Gasteiger partial charge in [0.25, 0.3) is 0 Å². The van der Waals surface area contributed by atoms with Gasteiger partial charge in [0, 0.05) is 37.6 Å². The molecule has 6 nitrogen and oxygen atoms in total. The first kappa shape index (κ1) is 13.1. The Morgan fingerprint density at radius 2 is 2.40 bits per heavy atom. The molecule has 3 heterocycles. The number of aromatic carboxylic acids is 1. The lowest BCUT2D eigenvalue weighted by Crippen LogP contribution is -2.42. The highest BCUT2D eigenvalue weighted by Crippen LogP contribution is 2.23. The number of aromatic nitrogens is 1. The molecule has 106 valence electrons. The van der Waals surface area contributed by atoms with E-state index in [1.165, 1.54) is 0 Å². The maximum atomic E-state index is 11.2. The molecule has 1 aromatic rings. The number of hydrogen-bond acceptors (Lipinski definition) is 5. The van der Waals surface area contributed by atoms with Crippen LogP contribution in [0.1, 0.15) is 15.9 Å². The number of rotatable bonds is 2. The highest BCUT2D eigenvalue weighted by atomic mass is 16.4. The van der Waals surface area contributed by atoms with Crippen molar-refractivity contribution in [2.24, 2.45) is 0 Å². The molecule has 1 atom stereocenters. The molecule has 0 aliphatic carbocycles. The number of fused-ring (bicyclic) bond motifs is 1. The molecule has 1 fully saturated rings. The van der Waals surface area contributed by atoms with E-state index in [-0.39, 0.29) is 0 Å². The zero-order valence-electron chi connectivity index (χ0n) is 11.4. The molecular weight excluding hydrogens is 256 g/mol. The van der Waals surface area contributed by atoms with Crippen LogP contribution in [0.2, 0.25) is 0 Å². The van der Waals surface area contributed by atoms with Crippen molar-refractivity contribution in [1.29, 1.82) is 0 Å². The minimum absolute atomic E-state index is 0.291. The third kappa shape index (κ3) is 2.28. The summed E-state index contributed by atoms with van der Waals surface area (Å²) < 4.78 is 0.